The molecular weight excluding hydrogens is 321 g/mol. The second kappa shape index (κ2) is 6.48. The molecule has 3 nitrogen and oxygen atoms in total. The van der Waals surface area contributed by atoms with Crippen LogP contribution >= 0.6 is 23.2 Å². The van der Waals surface area contributed by atoms with Gasteiger partial charge in [0.2, 0.25) is 0 Å². The number of carbonyl (C=O) groups is 1. The van der Waals surface area contributed by atoms with Crippen LogP contribution in [-0.4, -0.2) is 32.1 Å². The topological polar surface area (TPSA) is 38.3 Å². The molecule has 0 amide bonds. The highest BCUT2D eigenvalue weighted by Crippen LogP contribution is 2.43. The van der Waals surface area contributed by atoms with E-state index in [1.54, 1.807) is 0 Å². The van der Waals surface area contributed by atoms with Gasteiger partial charge in [0.1, 0.15) is 5.78 Å². The summed E-state index contributed by atoms with van der Waals surface area (Å²) in [5, 5.41) is 4.49. The summed E-state index contributed by atoms with van der Waals surface area (Å²) in [7, 11) is 0. The summed E-state index contributed by atoms with van der Waals surface area (Å²) in [5.41, 5.74) is 0.696. The van der Waals surface area contributed by atoms with Crippen molar-refractivity contribution >= 4 is 29.0 Å². The number of Topliss-reactive ketones (excluding diaryl/α,β-unsaturated/α-hetero) is 1. The minimum absolute atomic E-state index is 0.115. The van der Waals surface area contributed by atoms with Crippen LogP contribution in [-0.2, 0) is 9.53 Å². The molecule has 2 aliphatic heterocycles. The molecule has 5 heteroatoms. The molecule has 0 unspecified atom stereocenters. The molecule has 2 heterocycles. The Balaban J connectivity index is 1.87. The van der Waals surface area contributed by atoms with Gasteiger partial charge in [-0.3, -0.25) is 4.79 Å². The molecule has 1 aromatic carbocycles. The van der Waals surface area contributed by atoms with Crippen LogP contribution in [0.5, 0.6) is 0 Å². The Morgan fingerprint density at radius 1 is 1.27 bits per heavy atom. The van der Waals surface area contributed by atoms with Crippen LogP contribution in [0.3, 0.4) is 0 Å². The normalized spacial score (nSPS) is 29.7. The van der Waals surface area contributed by atoms with E-state index >= 15 is 0 Å². The van der Waals surface area contributed by atoms with E-state index in [9.17, 15) is 4.79 Å². The number of carbonyl (C=O) groups excluding carboxylic acids is 1. The fraction of sp³-hybridized carbons (Fsp3) is 0.588. The number of ether oxygens (including phenoxy) is 1. The molecule has 2 saturated heterocycles. The van der Waals surface area contributed by atoms with Gasteiger partial charge in [0.25, 0.3) is 0 Å². The molecule has 1 aromatic rings. The maximum atomic E-state index is 13.1. The number of ketones is 1. The van der Waals surface area contributed by atoms with E-state index in [1.165, 1.54) is 0 Å². The zero-order valence-corrected chi connectivity index (χ0v) is 14.2. The third-order valence-corrected chi connectivity index (χ3v) is 5.85. The molecular formula is C17H21Cl2NO2. The van der Waals surface area contributed by atoms with E-state index in [2.05, 4.69) is 12.2 Å². The molecule has 0 spiro atoms. The summed E-state index contributed by atoms with van der Waals surface area (Å²) < 4.78 is 5.39. The smallest absolute Gasteiger partial charge is 0.143 e. The SMILES string of the molecule is C[C@@]1(C(=O)C2CCOCC2)CNC[C@@H]1c1ccc(Cl)c(Cl)c1. The maximum Gasteiger partial charge on any atom is 0.143 e. The van der Waals surface area contributed by atoms with Crippen molar-refractivity contribution in [2.75, 3.05) is 26.3 Å². The van der Waals surface area contributed by atoms with Gasteiger partial charge in [-0.15, -0.1) is 0 Å². The lowest BCUT2D eigenvalue weighted by Gasteiger charge is -2.34. The summed E-state index contributed by atoms with van der Waals surface area (Å²) in [6.07, 6.45) is 1.67. The first-order chi connectivity index (χ1) is 10.5. The lowest BCUT2D eigenvalue weighted by molar-refractivity contribution is -0.134. The first kappa shape index (κ1) is 16.3. The van der Waals surface area contributed by atoms with Gasteiger partial charge in [-0.2, -0.15) is 0 Å². The monoisotopic (exact) mass is 341 g/mol. The van der Waals surface area contributed by atoms with E-state index < -0.39 is 0 Å². The lowest BCUT2D eigenvalue weighted by atomic mass is 9.68. The van der Waals surface area contributed by atoms with Crippen molar-refractivity contribution in [1.82, 2.24) is 5.32 Å². The van der Waals surface area contributed by atoms with Crippen LogP contribution in [0.15, 0.2) is 18.2 Å². The van der Waals surface area contributed by atoms with Crippen LogP contribution < -0.4 is 5.32 Å². The Morgan fingerprint density at radius 3 is 2.68 bits per heavy atom. The summed E-state index contributed by atoms with van der Waals surface area (Å²) in [5.74, 6) is 0.610. The Hall–Kier alpha value is -0.610. The van der Waals surface area contributed by atoms with Crippen LogP contribution in [0.2, 0.25) is 10.0 Å². The second-order valence-corrected chi connectivity index (χ2v) is 7.34. The number of nitrogens with one attached hydrogen (secondary N) is 1. The van der Waals surface area contributed by atoms with Crippen molar-refractivity contribution in [2.24, 2.45) is 11.3 Å². The highest BCUT2D eigenvalue weighted by atomic mass is 35.5. The molecule has 2 aliphatic rings. The summed E-state index contributed by atoms with van der Waals surface area (Å²) >= 11 is 12.2. The zero-order chi connectivity index (χ0) is 15.7. The Labute approximate surface area is 141 Å². The van der Waals surface area contributed by atoms with Gasteiger partial charge >= 0.3 is 0 Å². The third kappa shape index (κ3) is 2.92. The summed E-state index contributed by atoms with van der Waals surface area (Å²) in [6, 6.07) is 5.70. The number of rotatable bonds is 3. The number of halogens is 2. The average molecular weight is 342 g/mol. The Kier molecular flexibility index (Phi) is 4.79. The first-order valence-electron chi connectivity index (χ1n) is 7.80. The quantitative estimate of drug-likeness (QED) is 0.911. The average Bonchev–Trinajstić information content (AvgIpc) is 2.93. The summed E-state index contributed by atoms with van der Waals surface area (Å²) in [4.78, 5) is 13.1. The zero-order valence-electron chi connectivity index (χ0n) is 12.7. The third-order valence-electron chi connectivity index (χ3n) is 5.11. The van der Waals surface area contributed by atoms with Gasteiger partial charge in [0, 0.05) is 43.6 Å². The largest absolute Gasteiger partial charge is 0.381 e. The van der Waals surface area contributed by atoms with Crippen LogP contribution in [0.1, 0.15) is 31.2 Å². The van der Waals surface area contributed by atoms with Crippen LogP contribution in [0, 0.1) is 11.3 Å². The Morgan fingerprint density at radius 2 is 2.00 bits per heavy atom. The van der Waals surface area contributed by atoms with Crippen molar-refractivity contribution in [1.29, 1.82) is 0 Å². The lowest BCUT2D eigenvalue weighted by Crippen LogP contribution is -2.41. The van der Waals surface area contributed by atoms with Crippen molar-refractivity contribution in [3.05, 3.63) is 33.8 Å². The molecule has 3 rings (SSSR count). The number of benzene rings is 1. The maximum absolute atomic E-state index is 13.1. The standard InChI is InChI=1S/C17H21Cl2NO2/c1-17(16(21)11-4-6-22-7-5-11)10-20-9-13(17)12-2-3-14(18)15(19)8-12/h2-3,8,11,13,20H,4-7,9-10H2,1H3/t13-,17-/m1/s1. The van der Waals surface area contributed by atoms with E-state index in [4.69, 9.17) is 27.9 Å². The highest BCUT2D eigenvalue weighted by Gasteiger charge is 2.47. The molecule has 2 fully saturated rings. The Bertz CT molecular complexity index is 572. The van der Waals surface area contributed by atoms with E-state index in [0.29, 0.717) is 35.6 Å². The fourth-order valence-electron chi connectivity index (χ4n) is 3.72. The molecule has 22 heavy (non-hydrogen) atoms. The highest BCUT2D eigenvalue weighted by molar-refractivity contribution is 6.42. The molecule has 0 aliphatic carbocycles. The molecule has 0 saturated carbocycles. The van der Waals surface area contributed by atoms with Gasteiger partial charge in [0.15, 0.2) is 0 Å². The van der Waals surface area contributed by atoms with Gasteiger partial charge in [-0.1, -0.05) is 36.2 Å². The second-order valence-electron chi connectivity index (χ2n) is 6.53. The fourth-order valence-corrected chi connectivity index (χ4v) is 4.03. The number of hydrogen-bond donors (Lipinski definition) is 1. The van der Waals surface area contributed by atoms with Gasteiger partial charge < -0.3 is 10.1 Å². The molecule has 120 valence electrons. The van der Waals surface area contributed by atoms with Gasteiger partial charge in [0.05, 0.1) is 10.0 Å². The van der Waals surface area contributed by atoms with Gasteiger partial charge in [-0.25, -0.2) is 0 Å². The molecule has 1 N–H and O–H groups in total. The molecule has 2 atom stereocenters. The predicted molar refractivity (Wildman–Crippen MR) is 88.7 cm³/mol. The van der Waals surface area contributed by atoms with Crippen molar-refractivity contribution < 1.29 is 9.53 Å². The van der Waals surface area contributed by atoms with Crippen molar-refractivity contribution in [3.63, 3.8) is 0 Å². The van der Waals surface area contributed by atoms with E-state index in [0.717, 1.165) is 24.9 Å². The van der Waals surface area contributed by atoms with E-state index in [1.807, 2.05) is 18.2 Å². The summed E-state index contributed by atoms with van der Waals surface area (Å²) in [6.45, 7) is 4.98. The van der Waals surface area contributed by atoms with Gasteiger partial charge in [-0.05, 0) is 30.5 Å². The number of hydrogen-bond acceptors (Lipinski definition) is 3. The van der Waals surface area contributed by atoms with E-state index in [-0.39, 0.29) is 17.3 Å². The van der Waals surface area contributed by atoms with Crippen LogP contribution in [0.25, 0.3) is 0 Å². The predicted octanol–water partition coefficient (Wildman–Crippen LogP) is 3.68. The van der Waals surface area contributed by atoms with Crippen molar-refractivity contribution in [3.8, 4) is 0 Å². The first-order valence-corrected chi connectivity index (χ1v) is 8.55. The molecule has 0 aromatic heterocycles. The molecule has 0 radical (unpaired) electrons. The van der Waals surface area contributed by atoms with Crippen molar-refractivity contribution in [2.45, 2.75) is 25.7 Å². The molecule has 0 bridgehead atoms. The van der Waals surface area contributed by atoms with Crippen LogP contribution in [0.4, 0.5) is 0 Å². The minimum Gasteiger partial charge on any atom is -0.381 e. The minimum atomic E-state index is -0.390.